The monoisotopic (exact) mass is 248 g/mol. The lowest BCUT2D eigenvalue weighted by molar-refractivity contribution is 0.0969. The highest BCUT2D eigenvalue weighted by Crippen LogP contribution is 2.29. The van der Waals surface area contributed by atoms with Crippen LogP contribution in [-0.4, -0.2) is 31.6 Å². The molecule has 1 aromatic rings. The second-order valence-corrected chi connectivity index (χ2v) is 6.19. The Morgan fingerprint density at radius 3 is 2.17 bits per heavy atom. The molecule has 1 N–H and O–H groups in total. The Balaban J connectivity index is 2.92. The van der Waals surface area contributed by atoms with Crippen LogP contribution in [0.4, 0.5) is 0 Å². The van der Waals surface area contributed by atoms with Crippen molar-refractivity contribution >= 4 is 0 Å². The lowest BCUT2D eigenvalue weighted by Crippen LogP contribution is -2.44. The summed E-state index contributed by atoms with van der Waals surface area (Å²) in [6.45, 7) is 10.2. The van der Waals surface area contributed by atoms with Crippen LogP contribution in [0.1, 0.15) is 39.3 Å². The van der Waals surface area contributed by atoms with E-state index < -0.39 is 0 Å². The Bertz CT molecular complexity index is 340. The fourth-order valence-electron chi connectivity index (χ4n) is 2.25. The van der Waals surface area contributed by atoms with Gasteiger partial charge in [0.05, 0.1) is 0 Å². The fourth-order valence-corrected chi connectivity index (χ4v) is 2.25. The molecule has 2 unspecified atom stereocenters. The van der Waals surface area contributed by atoms with E-state index in [2.05, 4.69) is 75.3 Å². The normalized spacial score (nSPS) is 15.7. The summed E-state index contributed by atoms with van der Waals surface area (Å²) >= 11 is 0. The third-order valence-electron chi connectivity index (χ3n) is 3.94. The minimum atomic E-state index is 0.287. The summed E-state index contributed by atoms with van der Waals surface area (Å²) in [5.74, 6) is 0. The molecule has 0 aromatic heterocycles. The minimum absolute atomic E-state index is 0.287. The maximum absolute atomic E-state index is 3.31. The second-order valence-electron chi connectivity index (χ2n) is 6.19. The third-order valence-corrected chi connectivity index (χ3v) is 3.94. The molecule has 0 radical (unpaired) electrons. The van der Waals surface area contributed by atoms with E-state index in [4.69, 9.17) is 0 Å². The predicted molar refractivity (Wildman–Crippen MR) is 79.8 cm³/mol. The number of nitrogens with one attached hydrogen (secondary N) is 1. The van der Waals surface area contributed by atoms with Crippen molar-refractivity contribution in [3.8, 4) is 0 Å². The molecular formula is C16H28N2. The van der Waals surface area contributed by atoms with Gasteiger partial charge in [0, 0.05) is 18.6 Å². The Labute approximate surface area is 112 Å². The molecule has 2 heteroatoms. The Kier molecular flexibility index (Phi) is 5.36. The molecule has 0 saturated heterocycles. The van der Waals surface area contributed by atoms with Gasteiger partial charge >= 0.3 is 0 Å². The summed E-state index contributed by atoms with van der Waals surface area (Å²) in [6.07, 6.45) is 0. The van der Waals surface area contributed by atoms with Crippen molar-refractivity contribution in [3.05, 3.63) is 35.9 Å². The largest absolute Gasteiger partial charge is 0.318 e. The van der Waals surface area contributed by atoms with Crippen LogP contribution in [0.15, 0.2) is 30.3 Å². The fraction of sp³-hybridized carbons (Fsp3) is 0.625. The third kappa shape index (κ3) is 3.82. The first-order valence-electron chi connectivity index (χ1n) is 6.79. The van der Waals surface area contributed by atoms with Crippen molar-refractivity contribution in [3.63, 3.8) is 0 Å². The highest BCUT2D eigenvalue weighted by Gasteiger charge is 2.28. The Morgan fingerprint density at radius 2 is 1.72 bits per heavy atom. The molecule has 18 heavy (non-hydrogen) atoms. The highest BCUT2D eigenvalue weighted by molar-refractivity contribution is 5.19. The van der Waals surface area contributed by atoms with E-state index >= 15 is 0 Å². The SMILES string of the molecule is CNCC(c1ccccc1)N(C)C(C)C(C)(C)C. The predicted octanol–water partition coefficient (Wildman–Crippen LogP) is 3.31. The van der Waals surface area contributed by atoms with Gasteiger partial charge in [-0.2, -0.15) is 0 Å². The number of likely N-dealkylation sites (N-methyl/N-ethyl adjacent to an activating group) is 2. The molecule has 0 aliphatic carbocycles. The maximum atomic E-state index is 3.31. The zero-order chi connectivity index (χ0) is 13.8. The van der Waals surface area contributed by atoms with Gasteiger partial charge in [0.25, 0.3) is 0 Å². The number of benzene rings is 1. The first-order valence-corrected chi connectivity index (χ1v) is 6.79. The average Bonchev–Trinajstić information content (AvgIpc) is 2.34. The van der Waals surface area contributed by atoms with Crippen LogP contribution in [0, 0.1) is 5.41 Å². The van der Waals surface area contributed by atoms with Gasteiger partial charge in [0.2, 0.25) is 0 Å². The zero-order valence-corrected chi connectivity index (χ0v) is 12.7. The molecule has 0 spiro atoms. The van der Waals surface area contributed by atoms with Crippen molar-refractivity contribution in [2.24, 2.45) is 5.41 Å². The molecule has 2 atom stereocenters. The smallest absolute Gasteiger partial charge is 0.0472 e. The zero-order valence-electron chi connectivity index (χ0n) is 12.7. The number of rotatable bonds is 5. The van der Waals surface area contributed by atoms with E-state index in [1.54, 1.807) is 0 Å². The van der Waals surface area contributed by atoms with E-state index in [1.165, 1.54) is 5.56 Å². The van der Waals surface area contributed by atoms with E-state index in [9.17, 15) is 0 Å². The molecule has 1 rings (SSSR count). The van der Waals surface area contributed by atoms with Crippen LogP contribution in [0.25, 0.3) is 0 Å². The minimum Gasteiger partial charge on any atom is -0.318 e. The molecule has 0 heterocycles. The molecule has 0 fully saturated rings. The van der Waals surface area contributed by atoms with E-state index in [1.807, 2.05) is 7.05 Å². The molecular weight excluding hydrogens is 220 g/mol. The maximum Gasteiger partial charge on any atom is 0.0472 e. The van der Waals surface area contributed by atoms with Crippen molar-refractivity contribution in [2.45, 2.75) is 39.8 Å². The van der Waals surface area contributed by atoms with Gasteiger partial charge < -0.3 is 5.32 Å². The lowest BCUT2D eigenvalue weighted by Gasteiger charge is -2.40. The van der Waals surface area contributed by atoms with Crippen molar-refractivity contribution in [2.75, 3.05) is 20.6 Å². The van der Waals surface area contributed by atoms with Gasteiger partial charge in [-0.15, -0.1) is 0 Å². The average molecular weight is 248 g/mol. The molecule has 0 aliphatic heterocycles. The number of hydrogen-bond donors (Lipinski definition) is 1. The highest BCUT2D eigenvalue weighted by atomic mass is 15.2. The van der Waals surface area contributed by atoms with Gasteiger partial charge in [-0.3, -0.25) is 4.90 Å². The van der Waals surface area contributed by atoms with Crippen LogP contribution >= 0.6 is 0 Å². The van der Waals surface area contributed by atoms with Crippen LogP contribution in [0.2, 0.25) is 0 Å². The van der Waals surface area contributed by atoms with Gasteiger partial charge in [-0.1, -0.05) is 51.1 Å². The van der Waals surface area contributed by atoms with Crippen LogP contribution in [0.3, 0.4) is 0 Å². The quantitative estimate of drug-likeness (QED) is 0.860. The topological polar surface area (TPSA) is 15.3 Å². The molecule has 0 bridgehead atoms. The Morgan fingerprint density at radius 1 is 1.17 bits per heavy atom. The number of nitrogens with zero attached hydrogens (tertiary/aromatic N) is 1. The van der Waals surface area contributed by atoms with Crippen LogP contribution < -0.4 is 5.32 Å². The number of hydrogen-bond acceptors (Lipinski definition) is 2. The molecule has 1 aromatic carbocycles. The van der Waals surface area contributed by atoms with Gasteiger partial charge in [0.1, 0.15) is 0 Å². The van der Waals surface area contributed by atoms with Gasteiger partial charge in [-0.25, -0.2) is 0 Å². The second kappa shape index (κ2) is 6.35. The first-order chi connectivity index (χ1) is 8.38. The summed E-state index contributed by atoms with van der Waals surface area (Å²) in [6, 6.07) is 11.7. The van der Waals surface area contributed by atoms with E-state index in [0.717, 1.165) is 6.54 Å². The summed E-state index contributed by atoms with van der Waals surface area (Å²) in [4.78, 5) is 2.48. The Hall–Kier alpha value is -0.860. The van der Waals surface area contributed by atoms with Crippen molar-refractivity contribution < 1.29 is 0 Å². The molecule has 2 nitrogen and oxygen atoms in total. The molecule has 0 saturated carbocycles. The van der Waals surface area contributed by atoms with Gasteiger partial charge in [-0.05, 0) is 32.0 Å². The van der Waals surface area contributed by atoms with Crippen LogP contribution in [0.5, 0.6) is 0 Å². The molecule has 0 amide bonds. The first kappa shape index (κ1) is 15.2. The molecule has 102 valence electrons. The van der Waals surface area contributed by atoms with Crippen molar-refractivity contribution in [1.29, 1.82) is 0 Å². The van der Waals surface area contributed by atoms with E-state index in [0.29, 0.717) is 12.1 Å². The summed E-state index contributed by atoms with van der Waals surface area (Å²) in [5.41, 5.74) is 1.67. The standard InChI is InChI=1S/C16H28N2/c1-13(16(2,3)4)18(6)15(12-17-5)14-10-8-7-9-11-14/h7-11,13,15,17H,12H2,1-6H3. The summed E-state index contributed by atoms with van der Waals surface area (Å²) in [5, 5.41) is 3.31. The summed E-state index contributed by atoms with van der Waals surface area (Å²) in [7, 11) is 4.25. The van der Waals surface area contributed by atoms with Gasteiger partial charge in [0.15, 0.2) is 0 Å². The molecule has 0 aliphatic rings. The van der Waals surface area contributed by atoms with E-state index in [-0.39, 0.29) is 5.41 Å². The van der Waals surface area contributed by atoms with Crippen molar-refractivity contribution in [1.82, 2.24) is 10.2 Å². The lowest BCUT2D eigenvalue weighted by atomic mass is 9.86. The summed E-state index contributed by atoms with van der Waals surface area (Å²) < 4.78 is 0. The van der Waals surface area contributed by atoms with Crippen LogP contribution in [-0.2, 0) is 0 Å².